The predicted octanol–water partition coefficient (Wildman–Crippen LogP) is 14.7. The van der Waals surface area contributed by atoms with Crippen molar-refractivity contribution in [2.45, 2.75) is 37.0 Å². The molecule has 3 atom stereocenters. The van der Waals surface area contributed by atoms with Crippen molar-refractivity contribution in [2.75, 3.05) is 0 Å². The van der Waals surface area contributed by atoms with Gasteiger partial charge in [-0.3, -0.25) is 4.98 Å². The molecule has 288 valence electrons. The van der Waals surface area contributed by atoms with E-state index in [1.165, 1.54) is 89.5 Å². The molecule has 1 fully saturated rings. The van der Waals surface area contributed by atoms with Gasteiger partial charge in [0.15, 0.2) is 0 Å². The summed E-state index contributed by atoms with van der Waals surface area (Å²) in [6, 6.07) is 59.0. The van der Waals surface area contributed by atoms with Crippen molar-refractivity contribution in [3.63, 3.8) is 0 Å². The topological polar surface area (TPSA) is 35.9 Å². The van der Waals surface area contributed by atoms with Crippen LogP contribution in [0.1, 0.15) is 58.5 Å². The van der Waals surface area contributed by atoms with E-state index < -0.39 is 0 Å². The van der Waals surface area contributed by atoms with E-state index in [0.29, 0.717) is 17.8 Å². The van der Waals surface area contributed by atoms with E-state index >= 15 is 0 Å². The first-order valence-corrected chi connectivity index (χ1v) is 21.7. The molecule has 4 aromatic heterocycles. The molecule has 2 bridgehead atoms. The molecule has 61 heavy (non-hydrogen) atoms. The van der Waals surface area contributed by atoms with E-state index in [4.69, 9.17) is 4.42 Å². The quantitative estimate of drug-likeness (QED) is 0.178. The number of fused-ring (bicyclic) bond motifs is 16. The zero-order chi connectivity index (χ0) is 39.8. The number of rotatable bonds is 4. The molecule has 4 nitrogen and oxygen atoms in total. The second-order valence-electron chi connectivity index (χ2n) is 17.4. The summed E-state index contributed by atoms with van der Waals surface area (Å²) in [7, 11) is 0. The average Bonchev–Trinajstić information content (AvgIpc) is 3.90. The van der Waals surface area contributed by atoms with Crippen molar-refractivity contribution < 1.29 is 4.42 Å². The molecular weight excluding hydrogens is 743 g/mol. The standard InChI is InChI=1S/C57H39N3O/c1-3-13-41-39(11-1)40-12-2-4-14-42(40)50-32-49(41)57(50)36-27-35(28-38(29-36)60-52-19-9-5-15-43(52)44-16-6-10-20-53(44)60)34-21-23-55-47(30-34)48-31-37(22-24-56(48)61-55)59-51-18-8-7-17-45(51)46-25-26-58-33-54(46)59/h1-9,11-19,21-31,33,49-50,57H,10,20,32H2/t49-,50?,57?/m0/s1. The first kappa shape index (κ1) is 33.4. The van der Waals surface area contributed by atoms with Gasteiger partial charge in [0.1, 0.15) is 11.2 Å². The minimum Gasteiger partial charge on any atom is -0.456 e. The summed E-state index contributed by atoms with van der Waals surface area (Å²) < 4.78 is 11.5. The first-order valence-electron chi connectivity index (χ1n) is 21.7. The van der Waals surface area contributed by atoms with Gasteiger partial charge in [-0.05, 0) is 137 Å². The number of furan rings is 1. The number of nitrogens with zero attached hydrogens (tertiary/aromatic N) is 3. The molecule has 2 unspecified atom stereocenters. The molecule has 14 rings (SSSR count). The Hall–Kier alpha value is -7.43. The molecule has 4 heterocycles. The van der Waals surface area contributed by atoms with Gasteiger partial charge in [0.05, 0.1) is 22.7 Å². The number of benzene rings is 7. The summed E-state index contributed by atoms with van der Waals surface area (Å²) in [5.41, 5.74) is 20.0. The Balaban J connectivity index is 0.987. The maximum absolute atomic E-state index is 6.57. The highest BCUT2D eigenvalue weighted by atomic mass is 16.3. The third-order valence-electron chi connectivity index (χ3n) is 14.3. The Morgan fingerprint density at radius 1 is 0.525 bits per heavy atom. The predicted molar refractivity (Wildman–Crippen MR) is 250 cm³/mol. The lowest BCUT2D eigenvalue weighted by molar-refractivity contribution is 0.290. The summed E-state index contributed by atoms with van der Waals surface area (Å²) in [5.74, 6) is 1.26. The fourth-order valence-corrected chi connectivity index (χ4v) is 11.7. The summed E-state index contributed by atoms with van der Waals surface area (Å²) in [5, 5.41) is 5.97. The minimum absolute atomic E-state index is 0.364. The molecule has 0 radical (unpaired) electrons. The van der Waals surface area contributed by atoms with Crippen LogP contribution in [0, 0.1) is 0 Å². The van der Waals surface area contributed by atoms with Crippen molar-refractivity contribution in [1.82, 2.24) is 14.1 Å². The summed E-state index contributed by atoms with van der Waals surface area (Å²) in [6.07, 6.45) is 11.8. The molecule has 4 heteroatoms. The largest absolute Gasteiger partial charge is 0.456 e. The van der Waals surface area contributed by atoms with E-state index in [-0.39, 0.29) is 0 Å². The van der Waals surface area contributed by atoms with Crippen LogP contribution in [0.2, 0.25) is 0 Å². The van der Waals surface area contributed by atoms with Gasteiger partial charge in [-0.25, -0.2) is 0 Å². The van der Waals surface area contributed by atoms with Crippen LogP contribution in [0.4, 0.5) is 0 Å². The highest BCUT2D eigenvalue weighted by molar-refractivity contribution is 6.11. The van der Waals surface area contributed by atoms with Gasteiger partial charge >= 0.3 is 0 Å². The fraction of sp³-hybridized carbons (Fsp3) is 0.105. The SMILES string of the molecule is C1=Cc2c(n(-c3cc(-c4ccc5oc6ccc(-n7c8ccccc8c8ccncc87)cc6c5c4)cc(C4C5C[C@H]4c4ccccc4-c4ccccc45)c3)c3ccccc23)CC1. The molecule has 7 aromatic carbocycles. The highest BCUT2D eigenvalue weighted by Crippen LogP contribution is 2.63. The molecule has 0 amide bonds. The van der Waals surface area contributed by atoms with E-state index in [1.807, 2.05) is 12.4 Å². The number of pyridine rings is 1. The lowest BCUT2D eigenvalue weighted by atomic mass is 9.58. The molecule has 0 aliphatic heterocycles. The summed E-state index contributed by atoms with van der Waals surface area (Å²) >= 11 is 0. The van der Waals surface area contributed by atoms with Crippen molar-refractivity contribution in [1.29, 1.82) is 0 Å². The highest BCUT2D eigenvalue weighted by Gasteiger charge is 2.47. The van der Waals surface area contributed by atoms with E-state index in [1.54, 1.807) is 0 Å². The number of allylic oxidation sites excluding steroid dienone is 1. The van der Waals surface area contributed by atoms with Crippen molar-refractivity contribution in [2.24, 2.45) is 0 Å². The molecule has 11 aromatic rings. The van der Waals surface area contributed by atoms with Gasteiger partial charge in [-0.15, -0.1) is 0 Å². The van der Waals surface area contributed by atoms with Crippen LogP contribution in [0.3, 0.4) is 0 Å². The smallest absolute Gasteiger partial charge is 0.135 e. The Bertz CT molecular complexity index is 3560. The Labute approximate surface area is 352 Å². The molecule has 3 aliphatic carbocycles. The maximum atomic E-state index is 6.57. The van der Waals surface area contributed by atoms with E-state index in [0.717, 1.165) is 46.0 Å². The first-order chi connectivity index (χ1) is 30.2. The third kappa shape index (κ3) is 4.73. The number of hydrogen-bond acceptors (Lipinski definition) is 2. The second kappa shape index (κ2) is 12.5. The molecule has 1 saturated carbocycles. The number of hydrogen-bond donors (Lipinski definition) is 0. The third-order valence-corrected chi connectivity index (χ3v) is 14.3. The number of aromatic nitrogens is 3. The van der Waals surface area contributed by atoms with Crippen LogP contribution >= 0.6 is 0 Å². The minimum atomic E-state index is 0.364. The molecule has 0 N–H and O–H groups in total. The van der Waals surface area contributed by atoms with E-state index in [2.05, 4.69) is 184 Å². The Morgan fingerprint density at radius 3 is 2.03 bits per heavy atom. The van der Waals surface area contributed by atoms with Gasteiger partial charge in [0.2, 0.25) is 0 Å². The molecule has 0 spiro atoms. The van der Waals surface area contributed by atoms with Crippen molar-refractivity contribution >= 4 is 60.7 Å². The second-order valence-corrected chi connectivity index (χ2v) is 17.4. The molecular formula is C57H39N3O. The van der Waals surface area contributed by atoms with Gasteiger partial charge in [0, 0.05) is 55.8 Å². The van der Waals surface area contributed by atoms with Crippen LogP contribution < -0.4 is 0 Å². The van der Waals surface area contributed by atoms with Crippen LogP contribution in [-0.2, 0) is 6.42 Å². The normalized spacial score (nSPS) is 17.7. The monoisotopic (exact) mass is 781 g/mol. The lowest BCUT2D eigenvalue weighted by Crippen LogP contribution is -2.30. The van der Waals surface area contributed by atoms with Crippen LogP contribution in [0.15, 0.2) is 181 Å². The van der Waals surface area contributed by atoms with Crippen LogP contribution in [0.5, 0.6) is 0 Å². The van der Waals surface area contributed by atoms with Gasteiger partial charge in [-0.1, -0.05) is 109 Å². The Morgan fingerprint density at radius 2 is 1.21 bits per heavy atom. The Kier molecular flexibility index (Phi) is 6.87. The van der Waals surface area contributed by atoms with Gasteiger partial charge in [-0.2, -0.15) is 0 Å². The fourth-order valence-electron chi connectivity index (χ4n) is 11.7. The van der Waals surface area contributed by atoms with Crippen LogP contribution in [-0.4, -0.2) is 14.1 Å². The molecule has 3 aliphatic rings. The van der Waals surface area contributed by atoms with E-state index in [9.17, 15) is 0 Å². The maximum Gasteiger partial charge on any atom is 0.135 e. The average molecular weight is 782 g/mol. The zero-order valence-corrected chi connectivity index (χ0v) is 33.4. The van der Waals surface area contributed by atoms with Crippen molar-refractivity contribution in [3.8, 4) is 33.6 Å². The summed E-state index contributed by atoms with van der Waals surface area (Å²) in [6.45, 7) is 0. The number of para-hydroxylation sites is 2. The van der Waals surface area contributed by atoms with Crippen molar-refractivity contribution in [3.05, 3.63) is 204 Å². The van der Waals surface area contributed by atoms with Gasteiger partial charge < -0.3 is 13.6 Å². The molecule has 0 saturated heterocycles. The lowest BCUT2D eigenvalue weighted by Gasteiger charge is -2.45. The van der Waals surface area contributed by atoms with Gasteiger partial charge in [0.25, 0.3) is 0 Å². The summed E-state index contributed by atoms with van der Waals surface area (Å²) in [4.78, 5) is 4.54. The van der Waals surface area contributed by atoms with Crippen LogP contribution in [0.25, 0.3) is 94.4 Å². The zero-order valence-electron chi connectivity index (χ0n) is 33.4.